The summed E-state index contributed by atoms with van der Waals surface area (Å²) in [6.07, 6.45) is 1.50. The Labute approximate surface area is 42.5 Å². The predicted molar refractivity (Wildman–Crippen MR) is 20.9 cm³/mol. The zero-order chi connectivity index (χ0) is 4.41. The number of halogens is 1. The molecule has 0 aromatic carbocycles. The molecule has 0 aliphatic rings. The van der Waals surface area contributed by atoms with Crippen LogP contribution >= 0.6 is 16.1 Å². The highest BCUT2D eigenvalue weighted by molar-refractivity contribution is 9.04. The fourth-order valence-corrected chi connectivity index (χ4v) is 0.318. The van der Waals surface area contributed by atoms with Crippen molar-refractivity contribution in [3.05, 3.63) is 6.33 Å². The van der Waals surface area contributed by atoms with Crippen molar-refractivity contribution >= 4 is 16.1 Å². The monoisotopic (exact) mass is 149 g/mol. The third kappa shape index (κ3) is 0.538. The van der Waals surface area contributed by atoms with Crippen molar-refractivity contribution in [3.63, 3.8) is 0 Å². The highest BCUT2D eigenvalue weighted by atomic mass is 79.9. The normalized spacial score (nSPS) is 8.83. The van der Waals surface area contributed by atoms with Gasteiger partial charge in [0.15, 0.2) is 21.4 Å². The number of nitrogens with zero attached hydrogens (tertiary/aromatic N) is 3. The van der Waals surface area contributed by atoms with Gasteiger partial charge in [-0.1, -0.05) is 8.92 Å². The molecule has 1 heterocycles. The molecule has 0 saturated heterocycles. The van der Waals surface area contributed by atoms with E-state index < -0.39 is 0 Å². The van der Waals surface area contributed by atoms with Crippen molar-refractivity contribution in [1.82, 2.24) is 15.5 Å². The molecule has 5 heteroatoms. The number of nitrogens with one attached hydrogen (secondary N) is 1. The van der Waals surface area contributed by atoms with Crippen molar-refractivity contribution in [1.29, 1.82) is 0 Å². The van der Waals surface area contributed by atoms with Gasteiger partial charge in [0.25, 0.3) is 6.33 Å². The topological polar surface area (TPSA) is 45.5 Å². The van der Waals surface area contributed by atoms with Crippen LogP contribution < -0.4 is 3.71 Å². The molecule has 0 spiro atoms. The van der Waals surface area contributed by atoms with E-state index in [4.69, 9.17) is 0 Å². The van der Waals surface area contributed by atoms with Gasteiger partial charge < -0.3 is 0 Å². The highest BCUT2D eigenvalue weighted by Gasteiger charge is 1.86. The molecule has 0 bridgehead atoms. The van der Waals surface area contributed by atoms with Crippen molar-refractivity contribution < 1.29 is 3.71 Å². The van der Waals surface area contributed by atoms with Crippen LogP contribution in [0.4, 0.5) is 0 Å². The molecule has 0 fully saturated rings. The molecular weight excluding hydrogens is 148 g/mol. The first-order chi connectivity index (χ1) is 2.89. The Morgan fingerprint density at radius 3 is 2.83 bits per heavy atom. The third-order valence-corrected chi connectivity index (χ3v) is 0.693. The molecule has 1 N–H and O–H groups in total. The Kier molecular flexibility index (Phi) is 0.831. The first-order valence-corrected chi connectivity index (χ1v) is 2.04. The summed E-state index contributed by atoms with van der Waals surface area (Å²) in [4.78, 5) is 0. The maximum Gasteiger partial charge on any atom is 0.299 e. The average molecular weight is 150 g/mol. The fraction of sp³-hybridized carbons (Fsp3) is 0. The number of aromatic nitrogens is 4. The van der Waals surface area contributed by atoms with Crippen LogP contribution in [0.3, 0.4) is 0 Å². The van der Waals surface area contributed by atoms with Crippen molar-refractivity contribution in [2.45, 2.75) is 0 Å². The zero-order valence-corrected chi connectivity index (χ0v) is 4.38. The summed E-state index contributed by atoms with van der Waals surface area (Å²) < 4.78 is 1.47. The number of rotatable bonds is 0. The van der Waals surface area contributed by atoms with E-state index in [0.717, 1.165) is 0 Å². The molecule has 0 atom stereocenters. The smallest absolute Gasteiger partial charge is 0.0912 e. The largest absolute Gasteiger partial charge is 0.299 e. The Bertz CT molecular complexity index is 111. The van der Waals surface area contributed by atoms with Gasteiger partial charge in [0, 0.05) is 0 Å². The summed E-state index contributed by atoms with van der Waals surface area (Å²) in [5.74, 6) is 0. The molecule has 1 rings (SSSR count). The van der Waals surface area contributed by atoms with Crippen LogP contribution in [-0.4, -0.2) is 15.5 Å². The summed E-state index contributed by atoms with van der Waals surface area (Å²) in [5.41, 5.74) is 0. The van der Waals surface area contributed by atoms with Gasteiger partial charge in [-0.2, -0.15) is 0 Å². The number of aromatic amines is 1. The highest BCUT2D eigenvalue weighted by Crippen LogP contribution is 1.58. The predicted octanol–water partition coefficient (Wildman–Crippen LogP) is -0.750. The Balaban J connectivity index is 3.05. The van der Waals surface area contributed by atoms with Gasteiger partial charge in [-0.25, -0.2) is 0 Å². The molecule has 0 amide bonds. The lowest BCUT2D eigenvalue weighted by atomic mass is 11.4. The van der Waals surface area contributed by atoms with Gasteiger partial charge in [-0.05, 0) is 0 Å². The number of hydrogen-bond acceptors (Lipinski definition) is 2. The molecule has 0 aliphatic heterocycles. The standard InChI is InChI=1S/CHBrN4/c2-6-1-3-4-5-6/h1H/p+1. The number of hydrogen-bond donors (Lipinski definition) is 1. The summed E-state index contributed by atoms with van der Waals surface area (Å²) in [6.45, 7) is 0. The fourth-order valence-electron chi connectivity index (χ4n) is 0.166. The minimum atomic E-state index is 1.47. The van der Waals surface area contributed by atoms with Crippen LogP contribution in [-0.2, 0) is 0 Å². The molecule has 4 nitrogen and oxygen atoms in total. The quantitative estimate of drug-likeness (QED) is 0.528. The van der Waals surface area contributed by atoms with E-state index in [0.29, 0.717) is 0 Å². The molecule has 0 aliphatic carbocycles. The Morgan fingerprint density at radius 2 is 2.67 bits per heavy atom. The summed E-state index contributed by atoms with van der Waals surface area (Å²) in [7, 11) is 0. The van der Waals surface area contributed by atoms with Crippen molar-refractivity contribution in [2.75, 3.05) is 0 Å². The Morgan fingerprint density at radius 1 is 1.83 bits per heavy atom. The van der Waals surface area contributed by atoms with Crippen molar-refractivity contribution in [2.24, 2.45) is 0 Å². The summed E-state index contributed by atoms with van der Waals surface area (Å²) in [6, 6.07) is 0. The minimum Gasteiger partial charge on any atom is -0.0912 e. The van der Waals surface area contributed by atoms with E-state index in [-0.39, 0.29) is 0 Å². The van der Waals surface area contributed by atoms with Crippen LogP contribution in [0.15, 0.2) is 6.33 Å². The molecule has 1 aromatic rings. The third-order valence-electron chi connectivity index (χ3n) is 0.351. The van der Waals surface area contributed by atoms with E-state index in [2.05, 4.69) is 31.7 Å². The van der Waals surface area contributed by atoms with Crippen LogP contribution in [0.5, 0.6) is 0 Å². The number of tetrazole rings is 1. The van der Waals surface area contributed by atoms with Gasteiger partial charge >= 0.3 is 0 Å². The van der Waals surface area contributed by atoms with Gasteiger partial charge in [0.1, 0.15) is 5.10 Å². The van der Waals surface area contributed by atoms with Crippen LogP contribution in [0.1, 0.15) is 0 Å². The first kappa shape index (κ1) is 3.73. The molecule has 32 valence electrons. The SMILES string of the molecule is Br[n+]1cnn[nH]1. The Hall–Kier alpha value is -0.450. The van der Waals surface area contributed by atoms with Crippen LogP contribution in [0.25, 0.3) is 0 Å². The lowest BCUT2D eigenvalue weighted by Gasteiger charge is -1.59. The second-order valence-corrected chi connectivity index (χ2v) is 1.51. The van der Waals surface area contributed by atoms with Crippen molar-refractivity contribution in [3.8, 4) is 0 Å². The molecule has 0 radical (unpaired) electrons. The summed E-state index contributed by atoms with van der Waals surface area (Å²) >= 11 is 3.02. The summed E-state index contributed by atoms with van der Waals surface area (Å²) in [5, 5.41) is 9.27. The van der Waals surface area contributed by atoms with E-state index in [1.165, 1.54) is 10.0 Å². The van der Waals surface area contributed by atoms with Crippen LogP contribution in [0, 0.1) is 0 Å². The minimum absolute atomic E-state index is 1.47. The van der Waals surface area contributed by atoms with Gasteiger partial charge in [0.05, 0.1) is 0 Å². The lowest BCUT2D eigenvalue weighted by Crippen LogP contribution is -2.18. The van der Waals surface area contributed by atoms with E-state index in [1.54, 1.807) is 0 Å². The van der Waals surface area contributed by atoms with Gasteiger partial charge in [0.2, 0.25) is 0 Å². The molecule has 0 saturated carbocycles. The maximum atomic E-state index is 3.43. The average Bonchev–Trinajstić information content (AvgIpc) is 1.86. The van der Waals surface area contributed by atoms with E-state index in [9.17, 15) is 0 Å². The zero-order valence-electron chi connectivity index (χ0n) is 2.80. The lowest BCUT2D eigenvalue weighted by molar-refractivity contribution is -0.546. The second kappa shape index (κ2) is 1.34. The van der Waals surface area contributed by atoms with Gasteiger partial charge in [-0.15, -0.1) is 0 Å². The van der Waals surface area contributed by atoms with Crippen LogP contribution in [0.2, 0.25) is 0 Å². The molecule has 1 aromatic heterocycles. The van der Waals surface area contributed by atoms with Gasteiger partial charge in [-0.3, -0.25) is 0 Å². The molecule has 0 unspecified atom stereocenters. The first-order valence-electron chi connectivity index (χ1n) is 1.33. The molecule has 6 heavy (non-hydrogen) atoms. The van der Waals surface area contributed by atoms with E-state index in [1.807, 2.05) is 0 Å². The number of H-pyrrole nitrogens is 1. The molecular formula is CH2BrN4+. The van der Waals surface area contributed by atoms with E-state index >= 15 is 0 Å². The maximum absolute atomic E-state index is 3.43. The second-order valence-electron chi connectivity index (χ2n) is 0.742.